The lowest BCUT2D eigenvalue weighted by atomic mass is 10.2. The van der Waals surface area contributed by atoms with E-state index in [1.807, 2.05) is 0 Å². The van der Waals surface area contributed by atoms with Gasteiger partial charge in [-0.05, 0) is 32.1 Å². The molecule has 0 radical (unpaired) electrons. The van der Waals surface area contributed by atoms with Crippen LogP contribution in [0.2, 0.25) is 0 Å². The zero-order valence-corrected chi connectivity index (χ0v) is 16.0. The average Bonchev–Trinajstić information content (AvgIpc) is 2.56. The Bertz CT molecular complexity index is 333. The molecule has 0 aromatic heterocycles. The average molecular weight is 349 g/mol. The molecule has 22 heavy (non-hydrogen) atoms. The van der Waals surface area contributed by atoms with E-state index in [1.54, 1.807) is 0 Å². The summed E-state index contributed by atoms with van der Waals surface area (Å²) in [5.41, 5.74) is 0. The monoisotopic (exact) mass is 348 g/mol. The maximum atomic E-state index is 13.9. The fourth-order valence-electron chi connectivity index (χ4n) is 3.75. The van der Waals surface area contributed by atoms with Crippen molar-refractivity contribution in [1.29, 1.82) is 0 Å². The minimum absolute atomic E-state index is 0.0706. The van der Waals surface area contributed by atoms with Crippen LogP contribution in [0.15, 0.2) is 0 Å². The predicted octanol–water partition coefficient (Wildman–Crippen LogP) is 5.34. The minimum atomic E-state index is -2.44. The van der Waals surface area contributed by atoms with Gasteiger partial charge in [0.1, 0.15) is 0 Å². The number of rotatable bonds is 8. The zero-order valence-electron chi connectivity index (χ0n) is 14.3. The predicted molar refractivity (Wildman–Crippen MR) is 97.1 cm³/mol. The Hall–Kier alpha value is 0.440. The topological polar surface area (TPSA) is 23.6 Å². The van der Waals surface area contributed by atoms with E-state index in [2.05, 4.69) is 16.3 Å². The molecule has 3 nitrogen and oxygen atoms in total. The molecule has 0 aliphatic carbocycles. The highest BCUT2D eigenvalue weighted by Crippen LogP contribution is 2.56. The summed E-state index contributed by atoms with van der Waals surface area (Å²) in [5.74, 6) is 0. The number of alkyl halides is 1. The van der Waals surface area contributed by atoms with E-state index in [9.17, 15) is 4.57 Å². The minimum Gasteiger partial charge on any atom is -0.289 e. The van der Waals surface area contributed by atoms with E-state index >= 15 is 0 Å². The van der Waals surface area contributed by atoms with Crippen molar-refractivity contribution in [3.8, 4) is 0 Å². The molecule has 2 aliphatic rings. The maximum Gasteiger partial charge on any atom is 0.217 e. The molecule has 2 heterocycles. The normalized spacial score (nSPS) is 23.5. The third-order valence-corrected chi connectivity index (χ3v) is 9.18. The summed E-state index contributed by atoms with van der Waals surface area (Å²) in [7, 11) is -2.44. The molecule has 0 unspecified atom stereocenters. The second-order valence-corrected chi connectivity index (χ2v) is 10.4. The number of piperidine rings is 2. The first kappa shape index (κ1) is 18.8. The first-order valence-corrected chi connectivity index (χ1v) is 11.6. The third kappa shape index (κ3) is 5.23. The van der Waals surface area contributed by atoms with Crippen LogP contribution >= 0.6 is 19.0 Å². The van der Waals surface area contributed by atoms with Crippen LogP contribution in [0, 0.1) is 0 Å². The molecule has 0 aromatic carbocycles. The first-order chi connectivity index (χ1) is 10.7. The summed E-state index contributed by atoms with van der Waals surface area (Å²) < 4.78 is 18.6. The number of unbranched alkanes of at least 4 members (excludes halogenated alkanes) is 2. The van der Waals surface area contributed by atoms with Crippen molar-refractivity contribution < 1.29 is 4.57 Å². The number of halogens is 1. The van der Waals surface area contributed by atoms with E-state index in [0.29, 0.717) is 6.16 Å². The Morgan fingerprint density at radius 2 is 1.41 bits per heavy atom. The lowest BCUT2D eigenvalue weighted by Gasteiger charge is -2.43. The number of nitrogens with zero attached hydrogens (tertiary/aromatic N) is 2. The zero-order chi connectivity index (χ0) is 15.8. The molecule has 2 fully saturated rings. The van der Waals surface area contributed by atoms with Gasteiger partial charge < -0.3 is 0 Å². The Labute approximate surface area is 142 Å². The molecule has 130 valence electrons. The van der Waals surface area contributed by atoms with Gasteiger partial charge in [-0.1, -0.05) is 39.0 Å². The molecule has 2 rings (SSSR count). The summed E-state index contributed by atoms with van der Waals surface area (Å²) in [6.45, 7) is 6.24. The van der Waals surface area contributed by atoms with Gasteiger partial charge in [0.15, 0.2) is 0 Å². The fourth-order valence-corrected chi connectivity index (χ4v) is 7.78. The van der Waals surface area contributed by atoms with Gasteiger partial charge in [0.05, 0.1) is 0 Å². The molecule has 2 aliphatic heterocycles. The van der Waals surface area contributed by atoms with Crippen LogP contribution in [0.4, 0.5) is 0 Å². The van der Waals surface area contributed by atoms with Gasteiger partial charge in [-0.3, -0.25) is 4.57 Å². The van der Waals surface area contributed by atoms with Crippen molar-refractivity contribution in [3.05, 3.63) is 0 Å². The third-order valence-electron chi connectivity index (χ3n) is 5.11. The second kappa shape index (κ2) is 9.67. The SMILES string of the molecule is CCCCC[C@@H](Cl)CP(=O)(N1CCCCC1)N1CCCCC1. The lowest BCUT2D eigenvalue weighted by Crippen LogP contribution is -2.40. The van der Waals surface area contributed by atoms with Gasteiger partial charge in [-0.15, -0.1) is 11.6 Å². The van der Waals surface area contributed by atoms with Crippen molar-refractivity contribution in [3.63, 3.8) is 0 Å². The van der Waals surface area contributed by atoms with Crippen LogP contribution in [0.5, 0.6) is 0 Å². The first-order valence-electron chi connectivity index (χ1n) is 9.41. The Kier molecular flexibility index (Phi) is 8.25. The van der Waals surface area contributed by atoms with Crippen LogP contribution < -0.4 is 0 Å². The van der Waals surface area contributed by atoms with E-state index in [4.69, 9.17) is 11.6 Å². The van der Waals surface area contributed by atoms with E-state index in [1.165, 1.54) is 57.8 Å². The molecule has 0 saturated carbocycles. The van der Waals surface area contributed by atoms with Crippen molar-refractivity contribution >= 4 is 19.0 Å². The quantitative estimate of drug-likeness (QED) is 0.336. The largest absolute Gasteiger partial charge is 0.289 e. The Morgan fingerprint density at radius 3 is 1.86 bits per heavy atom. The van der Waals surface area contributed by atoms with Crippen molar-refractivity contribution in [2.24, 2.45) is 0 Å². The molecule has 0 N–H and O–H groups in total. The molecule has 0 amide bonds. The van der Waals surface area contributed by atoms with Gasteiger partial charge in [0.25, 0.3) is 0 Å². The van der Waals surface area contributed by atoms with Crippen LogP contribution in [-0.4, -0.2) is 47.1 Å². The second-order valence-electron chi connectivity index (χ2n) is 6.97. The standard InChI is InChI=1S/C17H34ClN2OP/c1-2-3-6-11-17(18)16-22(21,19-12-7-4-8-13-19)20-14-9-5-10-15-20/h17H,2-16H2,1H3/t17-/m1/s1. The highest BCUT2D eigenvalue weighted by atomic mass is 35.5. The van der Waals surface area contributed by atoms with Gasteiger partial charge >= 0.3 is 0 Å². The van der Waals surface area contributed by atoms with Gasteiger partial charge in [0, 0.05) is 37.7 Å². The molecular formula is C17H34ClN2OP. The van der Waals surface area contributed by atoms with E-state index in [-0.39, 0.29) is 5.38 Å². The summed E-state index contributed by atoms with van der Waals surface area (Å²) in [5, 5.41) is 0.0706. The van der Waals surface area contributed by atoms with Crippen LogP contribution in [0.25, 0.3) is 0 Å². The van der Waals surface area contributed by atoms with Crippen LogP contribution in [-0.2, 0) is 4.57 Å². The highest BCUT2D eigenvalue weighted by molar-refractivity contribution is 7.59. The smallest absolute Gasteiger partial charge is 0.217 e. The number of hydrogen-bond acceptors (Lipinski definition) is 1. The summed E-state index contributed by atoms with van der Waals surface area (Å²) in [4.78, 5) is 0. The fraction of sp³-hybridized carbons (Fsp3) is 1.00. The highest BCUT2D eigenvalue weighted by Gasteiger charge is 2.39. The van der Waals surface area contributed by atoms with Crippen LogP contribution in [0.1, 0.15) is 71.1 Å². The van der Waals surface area contributed by atoms with Crippen molar-refractivity contribution in [2.75, 3.05) is 32.3 Å². The molecule has 0 spiro atoms. The molecule has 0 aromatic rings. The Morgan fingerprint density at radius 1 is 0.909 bits per heavy atom. The van der Waals surface area contributed by atoms with Gasteiger partial charge in [-0.25, -0.2) is 9.34 Å². The van der Waals surface area contributed by atoms with E-state index in [0.717, 1.165) is 32.6 Å². The number of hydrogen-bond donors (Lipinski definition) is 0. The molecule has 5 heteroatoms. The molecule has 2 saturated heterocycles. The van der Waals surface area contributed by atoms with Gasteiger partial charge in [-0.2, -0.15) is 0 Å². The summed E-state index contributed by atoms with van der Waals surface area (Å²) in [6, 6.07) is 0. The van der Waals surface area contributed by atoms with Crippen molar-refractivity contribution in [2.45, 2.75) is 76.5 Å². The lowest BCUT2D eigenvalue weighted by molar-refractivity contribution is 0.275. The summed E-state index contributed by atoms with van der Waals surface area (Å²) in [6.07, 6.45) is 12.7. The maximum absolute atomic E-state index is 13.9. The molecular weight excluding hydrogens is 315 g/mol. The molecule has 1 atom stereocenters. The summed E-state index contributed by atoms with van der Waals surface area (Å²) >= 11 is 6.61. The van der Waals surface area contributed by atoms with Crippen molar-refractivity contribution in [1.82, 2.24) is 9.34 Å². The van der Waals surface area contributed by atoms with Crippen LogP contribution in [0.3, 0.4) is 0 Å². The van der Waals surface area contributed by atoms with E-state index < -0.39 is 7.44 Å². The molecule has 0 bridgehead atoms. The van der Waals surface area contributed by atoms with Gasteiger partial charge in [0.2, 0.25) is 7.44 Å². The Balaban J connectivity index is 2.01.